The van der Waals surface area contributed by atoms with Gasteiger partial charge in [-0.05, 0) is 37.8 Å². The van der Waals surface area contributed by atoms with Crippen molar-refractivity contribution in [1.82, 2.24) is 4.90 Å². The third kappa shape index (κ3) is 2.22. The Kier molecular flexibility index (Phi) is 3.16. The minimum absolute atomic E-state index is 0.586. The highest BCUT2D eigenvalue weighted by Crippen LogP contribution is 2.37. The second-order valence-corrected chi connectivity index (χ2v) is 4.99. The van der Waals surface area contributed by atoms with Gasteiger partial charge in [0.1, 0.15) is 0 Å². The van der Waals surface area contributed by atoms with Gasteiger partial charge >= 0.3 is 0 Å². The van der Waals surface area contributed by atoms with Crippen molar-refractivity contribution in [2.45, 2.75) is 40.0 Å². The minimum atomic E-state index is 0.586. The van der Waals surface area contributed by atoms with Crippen molar-refractivity contribution in [2.75, 3.05) is 20.1 Å². The van der Waals surface area contributed by atoms with Gasteiger partial charge in [0.2, 0.25) is 0 Å². The molecule has 0 N–H and O–H groups in total. The van der Waals surface area contributed by atoms with Crippen LogP contribution in [0.2, 0.25) is 0 Å². The van der Waals surface area contributed by atoms with Crippen LogP contribution < -0.4 is 0 Å². The van der Waals surface area contributed by atoms with Crippen molar-refractivity contribution in [3.05, 3.63) is 0 Å². The van der Waals surface area contributed by atoms with Crippen LogP contribution in [0.1, 0.15) is 40.0 Å². The Balaban J connectivity index is 2.52. The van der Waals surface area contributed by atoms with Gasteiger partial charge in [-0.25, -0.2) is 0 Å². The van der Waals surface area contributed by atoms with Crippen LogP contribution in [0.5, 0.6) is 0 Å². The molecule has 0 amide bonds. The Bertz CT molecular complexity index is 140. The monoisotopic (exact) mass is 169 g/mol. The SMILES string of the molecule is CCCC1CN(C)CCC1(C)C. The molecule has 1 nitrogen and oxygen atoms in total. The number of hydrogen-bond donors (Lipinski definition) is 0. The minimum Gasteiger partial charge on any atom is -0.306 e. The summed E-state index contributed by atoms with van der Waals surface area (Å²) < 4.78 is 0. The third-order valence-corrected chi connectivity index (χ3v) is 3.41. The number of rotatable bonds is 2. The van der Waals surface area contributed by atoms with Crippen LogP contribution in [0.4, 0.5) is 0 Å². The summed E-state index contributed by atoms with van der Waals surface area (Å²) in [5.41, 5.74) is 0.586. The maximum Gasteiger partial charge on any atom is 0.00117 e. The van der Waals surface area contributed by atoms with Gasteiger partial charge < -0.3 is 4.90 Å². The van der Waals surface area contributed by atoms with E-state index < -0.39 is 0 Å². The van der Waals surface area contributed by atoms with Crippen LogP contribution in [0.25, 0.3) is 0 Å². The van der Waals surface area contributed by atoms with Crippen molar-refractivity contribution >= 4 is 0 Å². The lowest BCUT2D eigenvalue weighted by Crippen LogP contribution is -2.42. The average Bonchev–Trinajstić information content (AvgIpc) is 1.98. The summed E-state index contributed by atoms with van der Waals surface area (Å²) in [5, 5.41) is 0. The van der Waals surface area contributed by atoms with E-state index in [1.807, 2.05) is 0 Å². The van der Waals surface area contributed by atoms with E-state index >= 15 is 0 Å². The van der Waals surface area contributed by atoms with Gasteiger partial charge in [-0.3, -0.25) is 0 Å². The summed E-state index contributed by atoms with van der Waals surface area (Å²) in [4.78, 5) is 2.48. The molecule has 0 aromatic heterocycles. The number of nitrogens with zero attached hydrogens (tertiary/aromatic N) is 1. The lowest BCUT2D eigenvalue weighted by Gasteiger charge is -2.42. The number of hydrogen-bond acceptors (Lipinski definition) is 1. The Morgan fingerprint density at radius 1 is 1.42 bits per heavy atom. The van der Waals surface area contributed by atoms with Crippen molar-refractivity contribution in [1.29, 1.82) is 0 Å². The van der Waals surface area contributed by atoms with Crippen LogP contribution in [-0.4, -0.2) is 25.0 Å². The lowest BCUT2D eigenvalue weighted by atomic mass is 9.71. The molecule has 1 atom stereocenters. The van der Waals surface area contributed by atoms with E-state index in [-0.39, 0.29) is 0 Å². The van der Waals surface area contributed by atoms with Crippen molar-refractivity contribution in [3.8, 4) is 0 Å². The van der Waals surface area contributed by atoms with E-state index in [4.69, 9.17) is 0 Å². The van der Waals surface area contributed by atoms with Gasteiger partial charge in [-0.1, -0.05) is 27.2 Å². The lowest BCUT2D eigenvalue weighted by molar-refractivity contribution is 0.0698. The van der Waals surface area contributed by atoms with Gasteiger partial charge in [-0.2, -0.15) is 0 Å². The van der Waals surface area contributed by atoms with E-state index in [0.717, 1.165) is 5.92 Å². The zero-order chi connectivity index (χ0) is 9.19. The molecule has 1 heteroatoms. The van der Waals surface area contributed by atoms with Crippen LogP contribution >= 0.6 is 0 Å². The number of piperidine rings is 1. The molecule has 1 fully saturated rings. The second-order valence-electron chi connectivity index (χ2n) is 4.99. The summed E-state index contributed by atoms with van der Waals surface area (Å²) in [6, 6.07) is 0. The summed E-state index contributed by atoms with van der Waals surface area (Å²) >= 11 is 0. The summed E-state index contributed by atoms with van der Waals surface area (Å²) in [6.07, 6.45) is 4.10. The molecule has 0 radical (unpaired) electrons. The molecule has 1 aliphatic heterocycles. The highest BCUT2D eigenvalue weighted by atomic mass is 15.1. The smallest absolute Gasteiger partial charge is 0.00117 e. The van der Waals surface area contributed by atoms with E-state index in [2.05, 4.69) is 32.7 Å². The highest BCUT2D eigenvalue weighted by Gasteiger charge is 2.33. The van der Waals surface area contributed by atoms with Gasteiger partial charge in [0, 0.05) is 6.54 Å². The molecule has 1 rings (SSSR count). The van der Waals surface area contributed by atoms with Crippen molar-refractivity contribution < 1.29 is 0 Å². The summed E-state index contributed by atoms with van der Waals surface area (Å²) in [6.45, 7) is 9.75. The Morgan fingerprint density at radius 2 is 2.08 bits per heavy atom. The van der Waals surface area contributed by atoms with Crippen LogP contribution in [0.3, 0.4) is 0 Å². The molecule has 1 aliphatic rings. The maximum atomic E-state index is 2.48. The normalized spacial score (nSPS) is 30.5. The first-order valence-electron chi connectivity index (χ1n) is 5.25. The molecular weight excluding hydrogens is 146 g/mol. The Morgan fingerprint density at radius 3 is 2.67 bits per heavy atom. The average molecular weight is 169 g/mol. The first-order chi connectivity index (χ1) is 5.56. The third-order valence-electron chi connectivity index (χ3n) is 3.41. The molecule has 1 heterocycles. The Labute approximate surface area is 77.1 Å². The Hall–Kier alpha value is -0.0400. The second kappa shape index (κ2) is 3.78. The van der Waals surface area contributed by atoms with Crippen LogP contribution in [0.15, 0.2) is 0 Å². The molecule has 0 aromatic rings. The molecule has 0 aliphatic carbocycles. The fourth-order valence-electron chi connectivity index (χ4n) is 2.23. The summed E-state index contributed by atoms with van der Waals surface area (Å²) in [5.74, 6) is 0.918. The largest absolute Gasteiger partial charge is 0.306 e. The highest BCUT2D eigenvalue weighted by molar-refractivity contribution is 4.85. The summed E-state index contributed by atoms with van der Waals surface area (Å²) in [7, 11) is 2.25. The van der Waals surface area contributed by atoms with Gasteiger partial charge in [0.15, 0.2) is 0 Å². The van der Waals surface area contributed by atoms with Crippen LogP contribution in [-0.2, 0) is 0 Å². The maximum absolute atomic E-state index is 2.48. The molecular formula is C11H23N. The molecule has 1 saturated heterocycles. The molecule has 0 saturated carbocycles. The molecule has 0 spiro atoms. The van der Waals surface area contributed by atoms with Crippen molar-refractivity contribution in [2.24, 2.45) is 11.3 Å². The van der Waals surface area contributed by atoms with Gasteiger partial charge in [0.05, 0.1) is 0 Å². The topological polar surface area (TPSA) is 3.24 Å². The standard InChI is InChI=1S/C11H23N/c1-5-6-10-9-12(4)8-7-11(10,2)3/h10H,5-9H2,1-4H3. The zero-order valence-corrected chi connectivity index (χ0v) is 9.06. The van der Waals surface area contributed by atoms with Crippen molar-refractivity contribution in [3.63, 3.8) is 0 Å². The van der Waals surface area contributed by atoms with Gasteiger partial charge in [0.25, 0.3) is 0 Å². The molecule has 0 aromatic carbocycles. The quantitative estimate of drug-likeness (QED) is 0.614. The molecule has 1 unspecified atom stereocenters. The first-order valence-corrected chi connectivity index (χ1v) is 5.25. The molecule has 72 valence electrons. The fourth-order valence-corrected chi connectivity index (χ4v) is 2.23. The molecule has 0 bridgehead atoms. The van der Waals surface area contributed by atoms with E-state index in [1.54, 1.807) is 0 Å². The van der Waals surface area contributed by atoms with E-state index in [0.29, 0.717) is 5.41 Å². The fraction of sp³-hybridized carbons (Fsp3) is 1.00. The predicted molar refractivity (Wildman–Crippen MR) is 54.3 cm³/mol. The van der Waals surface area contributed by atoms with E-state index in [9.17, 15) is 0 Å². The van der Waals surface area contributed by atoms with Gasteiger partial charge in [-0.15, -0.1) is 0 Å². The zero-order valence-electron chi connectivity index (χ0n) is 9.06. The predicted octanol–water partition coefficient (Wildman–Crippen LogP) is 2.76. The molecule has 12 heavy (non-hydrogen) atoms. The first kappa shape index (κ1) is 10.0. The number of likely N-dealkylation sites (tertiary alicyclic amines) is 1. The van der Waals surface area contributed by atoms with E-state index in [1.165, 1.54) is 32.4 Å². The van der Waals surface area contributed by atoms with Crippen LogP contribution in [0, 0.1) is 11.3 Å².